The van der Waals surface area contributed by atoms with Crippen LogP contribution in [0.1, 0.15) is 51.2 Å². The molecule has 0 spiro atoms. The molecule has 2 heterocycles. The van der Waals surface area contributed by atoms with Crippen LogP contribution in [0.4, 0.5) is 4.79 Å². The van der Waals surface area contributed by atoms with Crippen LogP contribution < -0.4 is 0 Å². The number of ether oxygens (including phenoxy) is 1. The van der Waals surface area contributed by atoms with Gasteiger partial charge in [0.2, 0.25) is 0 Å². The number of nitrogens with zero attached hydrogens (tertiary/aromatic N) is 3. The zero-order valence-corrected chi connectivity index (χ0v) is 13.9. The van der Waals surface area contributed by atoms with E-state index in [1.54, 1.807) is 4.90 Å². The van der Waals surface area contributed by atoms with Crippen LogP contribution in [0, 0.1) is 15.0 Å². The Labute approximate surface area is 131 Å². The van der Waals surface area contributed by atoms with Gasteiger partial charge < -0.3 is 9.72 Å². The predicted octanol–water partition coefficient (Wildman–Crippen LogP) is 2.96. The van der Waals surface area contributed by atoms with Crippen LogP contribution in [-0.4, -0.2) is 33.1 Å². The molecule has 0 bridgehead atoms. The van der Waals surface area contributed by atoms with Gasteiger partial charge in [-0.1, -0.05) is 0 Å². The summed E-state index contributed by atoms with van der Waals surface area (Å²) in [7, 11) is 0. The van der Waals surface area contributed by atoms with Gasteiger partial charge in [-0.2, -0.15) is 5.26 Å². The fourth-order valence-electron chi connectivity index (χ4n) is 2.19. The van der Waals surface area contributed by atoms with Crippen LogP contribution in [0.25, 0.3) is 0 Å². The standard InChI is InChI=1S/C13H17IN4O2/c1-13(2,3)20-12(19)18-6-4-5-9(18)11-16-8(7-15)10(14)17-11/h9H,4-6H2,1-3H3,(H,16,17)/t9-/m0/s1. The normalized spacial score (nSPS) is 18.9. The number of hydrogen-bond donors (Lipinski definition) is 1. The highest BCUT2D eigenvalue weighted by Crippen LogP contribution is 2.32. The first kappa shape index (κ1) is 15.1. The Kier molecular flexibility index (Phi) is 4.22. The number of H-pyrrole nitrogens is 1. The molecule has 0 radical (unpaired) electrons. The Bertz CT molecular complexity index is 556. The molecule has 0 saturated carbocycles. The fraction of sp³-hybridized carbons (Fsp3) is 0.615. The van der Waals surface area contributed by atoms with E-state index in [1.165, 1.54) is 0 Å². The largest absolute Gasteiger partial charge is 0.444 e. The van der Waals surface area contributed by atoms with Crippen molar-refractivity contribution < 1.29 is 9.53 Å². The molecule has 1 aliphatic heterocycles. The number of amides is 1. The van der Waals surface area contributed by atoms with Gasteiger partial charge >= 0.3 is 6.09 Å². The summed E-state index contributed by atoms with van der Waals surface area (Å²) in [6.07, 6.45) is 1.40. The average molecular weight is 388 g/mol. The molecular weight excluding hydrogens is 371 g/mol. The zero-order chi connectivity index (χ0) is 14.9. The number of hydrogen-bond acceptors (Lipinski definition) is 4. The number of nitrogens with one attached hydrogen (secondary N) is 1. The van der Waals surface area contributed by atoms with E-state index in [2.05, 4.69) is 9.97 Å². The highest BCUT2D eigenvalue weighted by Gasteiger charge is 2.35. The topological polar surface area (TPSA) is 82.0 Å². The number of rotatable bonds is 1. The van der Waals surface area contributed by atoms with Crippen molar-refractivity contribution in [3.05, 3.63) is 15.2 Å². The minimum Gasteiger partial charge on any atom is -0.444 e. The average Bonchev–Trinajstić information content (AvgIpc) is 2.92. The van der Waals surface area contributed by atoms with Gasteiger partial charge in [0.05, 0.1) is 6.04 Å². The van der Waals surface area contributed by atoms with Crippen LogP contribution in [0.3, 0.4) is 0 Å². The van der Waals surface area contributed by atoms with Gasteiger partial charge in [0.25, 0.3) is 0 Å². The van der Waals surface area contributed by atoms with Gasteiger partial charge in [-0.3, -0.25) is 4.90 Å². The van der Waals surface area contributed by atoms with E-state index in [9.17, 15) is 4.79 Å². The van der Waals surface area contributed by atoms with Gasteiger partial charge in [0, 0.05) is 6.54 Å². The molecule has 0 aliphatic carbocycles. The summed E-state index contributed by atoms with van der Waals surface area (Å²) in [5, 5.41) is 8.96. The summed E-state index contributed by atoms with van der Waals surface area (Å²) < 4.78 is 6.12. The van der Waals surface area contributed by atoms with Crippen molar-refractivity contribution >= 4 is 28.7 Å². The lowest BCUT2D eigenvalue weighted by Gasteiger charge is -2.27. The summed E-state index contributed by atoms with van der Waals surface area (Å²) >= 11 is 2.04. The van der Waals surface area contributed by atoms with Crippen molar-refractivity contribution in [1.82, 2.24) is 14.9 Å². The molecule has 7 heteroatoms. The fourth-order valence-corrected chi connectivity index (χ4v) is 2.71. The van der Waals surface area contributed by atoms with E-state index in [0.717, 1.165) is 12.8 Å². The van der Waals surface area contributed by atoms with Crippen LogP contribution in [0.15, 0.2) is 0 Å². The molecule has 1 aromatic heterocycles. The molecule has 1 fully saturated rings. The number of likely N-dealkylation sites (tertiary alicyclic amines) is 1. The third-order valence-corrected chi connectivity index (χ3v) is 3.76. The summed E-state index contributed by atoms with van der Waals surface area (Å²) in [6, 6.07) is 1.90. The molecule has 6 nitrogen and oxygen atoms in total. The summed E-state index contributed by atoms with van der Waals surface area (Å²) in [4.78, 5) is 21.2. The number of nitriles is 1. The maximum Gasteiger partial charge on any atom is 0.410 e. The molecule has 0 aromatic carbocycles. The monoisotopic (exact) mass is 388 g/mol. The molecule has 2 rings (SSSR count). The van der Waals surface area contributed by atoms with Gasteiger partial charge in [-0.15, -0.1) is 0 Å². The minimum atomic E-state index is -0.514. The zero-order valence-electron chi connectivity index (χ0n) is 11.7. The second-order valence-electron chi connectivity index (χ2n) is 5.73. The van der Waals surface area contributed by atoms with Crippen molar-refractivity contribution in [3.8, 4) is 6.07 Å². The van der Waals surface area contributed by atoms with Crippen molar-refractivity contribution in [2.24, 2.45) is 0 Å². The first-order valence-corrected chi connectivity index (χ1v) is 7.55. The van der Waals surface area contributed by atoms with Crippen molar-refractivity contribution in [2.45, 2.75) is 45.3 Å². The highest BCUT2D eigenvalue weighted by atomic mass is 127. The van der Waals surface area contributed by atoms with Crippen molar-refractivity contribution in [1.29, 1.82) is 5.26 Å². The van der Waals surface area contributed by atoms with Crippen molar-refractivity contribution in [2.75, 3.05) is 6.54 Å². The maximum absolute atomic E-state index is 12.2. The number of carbonyl (C=O) groups is 1. The Morgan fingerprint density at radius 2 is 2.30 bits per heavy atom. The summed E-state index contributed by atoms with van der Waals surface area (Å²) in [6.45, 7) is 6.19. The SMILES string of the molecule is CC(C)(C)OC(=O)N1CCC[C@H]1c1nc(C#N)c(I)[nH]1. The van der Waals surface area contributed by atoms with E-state index in [-0.39, 0.29) is 12.1 Å². The highest BCUT2D eigenvalue weighted by molar-refractivity contribution is 14.1. The summed E-state index contributed by atoms with van der Waals surface area (Å²) in [5.74, 6) is 0.661. The molecule has 1 aliphatic rings. The van der Waals surface area contributed by atoms with Crippen LogP contribution in [0.2, 0.25) is 0 Å². The Balaban J connectivity index is 2.19. The Morgan fingerprint density at radius 1 is 1.60 bits per heavy atom. The Morgan fingerprint density at radius 3 is 2.85 bits per heavy atom. The molecule has 1 saturated heterocycles. The second kappa shape index (κ2) is 5.60. The van der Waals surface area contributed by atoms with Crippen LogP contribution in [0.5, 0.6) is 0 Å². The molecule has 1 aromatic rings. The molecule has 0 unspecified atom stereocenters. The quantitative estimate of drug-likeness (QED) is 0.750. The van der Waals surface area contributed by atoms with Gasteiger partial charge in [0.1, 0.15) is 21.2 Å². The van der Waals surface area contributed by atoms with E-state index >= 15 is 0 Å². The number of aromatic nitrogens is 2. The Hall–Kier alpha value is -1.30. The van der Waals surface area contributed by atoms with Crippen LogP contribution >= 0.6 is 22.6 Å². The third-order valence-electron chi connectivity index (χ3n) is 2.98. The molecule has 1 N–H and O–H groups in total. The number of imidazole rings is 1. The molecular formula is C13H17IN4O2. The van der Waals surface area contributed by atoms with Gasteiger partial charge in [-0.05, 0) is 56.2 Å². The first-order chi connectivity index (χ1) is 9.31. The van der Waals surface area contributed by atoms with Crippen LogP contribution in [-0.2, 0) is 4.74 Å². The lowest BCUT2D eigenvalue weighted by molar-refractivity contribution is 0.0218. The lowest BCUT2D eigenvalue weighted by Crippen LogP contribution is -2.36. The summed E-state index contributed by atoms with van der Waals surface area (Å²) in [5.41, 5.74) is -0.142. The number of halogens is 1. The van der Waals surface area contributed by atoms with E-state index < -0.39 is 5.60 Å². The number of carbonyl (C=O) groups excluding carboxylic acids is 1. The lowest BCUT2D eigenvalue weighted by atomic mass is 10.2. The minimum absolute atomic E-state index is 0.138. The molecule has 1 atom stereocenters. The first-order valence-electron chi connectivity index (χ1n) is 6.47. The number of aromatic amines is 1. The predicted molar refractivity (Wildman–Crippen MR) is 80.9 cm³/mol. The smallest absolute Gasteiger partial charge is 0.410 e. The van der Waals surface area contributed by atoms with E-state index in [1.807, 2.05) is 49.4 Å². The van der Waals surface area contributed by atoms with Gasteiger partial charge in [-0.25, -0.2) is 9.78 Å². The third kappa shape index (κ3) is 3.23. The molecule has 108 valence electrons. The maximum atomic E-state index is 12.2. The molecule has 20 heavy (non-hydrogen) atoms. The molecule has 1 amide bonds. The van der Waals surface area contributed by atoms with Crippen molar-refractivity contribution in [3.63, 3.8) is 0 Å². The second-order valence-corrected chi connectivity index (χ2v) is 6.81. The van der Waals surface area contributed by atoms with Gasteiger partial charge in [0.15, 0.2) is 5.69 Å². The van der Waals surface area contributed by atoms with E-state index in [0.29, 0.717) is 21.8 Å². The van der Waals surface area contributed by atoms with E-state index in [4.69, 9.17) is 10.00 Å².